The zero-order valence-electron chi connectivity index (χ0n) is 20.4. The van der Waals surface area contributed by atoms with Gasteiger partial charge in [-0.3, -0.25) is 4.79 Å². The molecule has 6 nitrogen and oxygen atoms in total. The van der Waals surface area contributed by atoms with Gasteiger partial charge in [-0.25, -0.2) is 14.4 Å². The summed E-state index contributed by atoms with van der Waals surface area (Å²) in [5.74, 6) is -0.686. The summed E-state index contributed by atoms with van der Waals surface area (Å²) in [5.41, 5.74) is -3.60. The highest BCUT2D eigenvalue weighted by molar-refractivity contribution is 7.14. The molecule has 2 N–H and O–H groups in total. The molecule has 3 aromatic rings. The normalized spacial score (nSPS) is 18.2. The Morgan fingerprint density at radius 3 is 2.51 bits per heavy atom. The molecule has 3 heterocycles. The number of hydrogen-bond acceptors (Lipinski definition) is 6. The zero-order chi connectivity index (χ0) is 26.8. The molecule has 1 fully saturated rings. The van der Waals surface area contributed by atoms with E-state index in [0.29, 0.717) is 22.7 Å². The van der Waals surface area contributed by atoms with E-state index in [1.807, 2.05) is 0 Å². The Balaban J connectivity index is 1.54. The van der Waals surface area contributed by atoms with Crippen molar-refractivity contribution in [3.8, 4) is 17.0 Å². The van der Waals surface area contributed by atoms with Crippen molar-refractivity contribution in [2.45, 2.75) is 56.7 Å². The fraction of sp³-hybridized carbons (Fsp3) is 0.423. The number of alkyl halides is 3. The highest BCUT2D eigenvalue weighted by atomic mass is 32.1. The molecule has 11 heteroatoms. The topological polar surface area (TPSA) is 84.3 Å². The van der Waals surface area contributed by atoms with E-state index in [1.165, 1.54) is 30.3 Å². The minimum Gasteiger partial charge on any atom is -0.490 e. The van der Waals surface area contributed by atoms with Crippen molar-refractivity contribution in [2.75, 3.05) is 13.2 Å². The summed E-state index contributed by atoms with van der Waals surface area (Å²) in [7, 11) is 0. The van der Waals surface area contributed by atoms with E-state index >= 15 is 0 Å². The zero-order valence-corrected chi connectivity index (χ0v) is 21.2. The Morgan fingerprint density at radius 1 is 1.22 bits per heavy atom. The Kier molecular flexibility index (Phi) is 6.06. The first kappa shape index (κ1) is 25.6. The highest BCUT2D eigenvalue weighted by Gasteiger charge is 2.57. The molecule has 1 aliphatic heterocycles. The number of carbonyl (C=O) groups excluding carboxylic acids is 1. The number of ether oxygens (including phenoxy) is 1. The maximum atomic E-state index is 14.4. The van der Waals surface area contributed by atoms with Gasteiger partial charge >= 0.3 is 6.18 Å². The van der Waals surface area contributed by atoms with E-state index < -0.39 is 41.2 Å². The molecule has 5 rings (SSSR count). The number of aromatic nitrogens is 2. The van der Waals surface area contributed by atoms with Crippen LogP contribution >= 0.6 is 11.3 Å². The lowest BCUT2D eigenvalue weighted by Gasteiger charge is -2.31. The molecule has 0 spiro atoms. The molecule has 1 aromatic carbocycles. The van der Waals surface area contributed by atoms with Crippen molar-refractivity contribution in [1.29, 1.82) is 0 Å². The van der Waals surface area contributed by atoms with E-state index in [2.05, 4.69) is 15.3 Å². The molecule has 2 aliphatic rings. The van der Waals surface area contributed by atoms with E-state index in [4.69, 9.17) is 4.74 Å². The number of carbonyl (C=O) groups is 1. The van der Waals surface area contributed by atoms with Crippen LogP contribution in [0.3, 0.4) is 0 Å². The van der Waals surface area contributed by atoms with Gasteiger partial charge in [0.15, 0.2) is 0 Å². The molecule has 0 bridgehead atoms. The Bertz CT molecular complexity index is 1370. The first-order valence-electron chi connectivity index (χ1n) is 11.8. The fourth-order valence-corrected chi connectivity index (χ4v) is 5.44. The predicted molar refractivity (Wildman–Crippen MR) is 129 cm³/mol. The van der Waals surface area contributed by atoms with Gasteiger partial charge in [-0.05, 0) is 50.1 Å². The third-order valence-corrected chi connectivity index (χ3v) is 8.06. The quantitative estimate of drug-likeness (QED) is 0.414. The van der Waals surface area contributed by atoms with Crippen molar-refractivity contribution < 1.29 is 32.2 Å². The number of pyridine rings is 1. The molecule has 1 aliphatic carbocycles. The largest absolute Gasteiger partial charge is 0.490 e. The van der Waals surface area contributed by atoms with E-state index in [9.17, 15) is 27.5 Å². The number of amides is 1. The van der Waals surface area contributed by atoms with Crippen LogP contribution in [0.4, 0.5) is 17.6 Å². The molecule has 1 saturated carbocycles. The van der Waals surface area contributed by atoms with Crippen LogP contribution in [-0.4, -0.2) is 40.3 Å². The molecular weight excluding hydrogens is 510 g/mol. The summed E-state index contributed by atoms with van der Waals surface area (Å²) in [5, 5.41) is 14.1. The number of benzene rings is 1. The molecule has 37 heavy (non-hydrogen) atoms. The van der Waals surface area contributed by atoms with Crippen LogP contribution < -0.4 is 10.1 Å². The van der Waals surface area contributed by atoms with Crippen LogP contribution in [0.25, 0.3) is 11.3 Å². The number of halogens is 4. The van der Waals surface area contributed by atoms with Crippen LogP contribution in [0.5, 0.6) is 5.75 Å². The second-order valence-corrected chi connectivity index (χ2v) is 11.2. The van der Waals surface area contributed by atoms with Crippen molar-refractivity contribution in [1.82, 2.24) is 15.3 Å². The van der Waals surface area contributed by atoms with Crippen molar-refractivity contribution in [2.24, 2.45) is 0 Å². The van der Waals surface area contributed by atoms with Gasteiger partial charge in [-0.15, -0.1) is 11.3 Å². The average molecular weight is 536 g/mol. The van der Waals surface area contributed by atoms with E-state index in [-0.39, 0.29) is 22.9 Å². The van der Waals surface area contributed by atoms with Crippen molar-refractivity contribution in [3.63, 3.8) is 0 Å². The summed E-state index contributed by atoms with van der Waals surface area (Å²) in [6.45, 7) is 4.27. The van der Waals surface area contributed by atoms with Gasteiger partial charge in [-0.1, -0.05) is 13.8 Å². The van der Waals surface area contributed by atoms with E-state index in [0.717, 1.165) is 29.2 Å². The standard InChI is InChI=1S/C26H25F4N3O3S/c1-13-21(37-23(32-13)15-4-5-15)22(34)31-11-25(35,26(28,29)30)18-10-17-20(36-12-24(17,2)3)19(33-18)14-6-8-16(27)9-7-14/h6-10,15,35H,4-5,11-12H2,1-3H3,(H,31,34)/t25-/m0/s1. The molecule has 2 aromatic heterocycles. The van der Waals surface area contributed by atoms with Crippen LogP contribution in [0, 0.1) is 12.7 Å². The molecule has 0 saturated heterocycles. The second-order valence-electron chi connectivity index (χ2n) is 10.2. The van der Waals surface area contributed by atoms with Crippen LogP contribution in [0.1, 0.15) is 64.2 Å². The minimum atomic E-state index is -5.17. The maximum Gasteiger partial charge on any atom is 0.424 e. The molecule has 196 valence electrons. The number of rotatable bonds is 6. The Morgan fingerprint density at radius 2 is 1.89 bits per heavy atom. The Labute approximate surface area is 214 Å². The smallest absolute Gasteiger partial charge is 0.424 e. The molecule has 0 unspecified atom stereocenters. The van der Waals surface area contributed by atoms with Gasteiger partial charge < -0.3 is 15.2 Å². The fourth-order valence-electron chi connectivity index (χ4n) is 4.29. The summed E-state index contributed by atoms with van der Waals surface area (Å²) in [4.78, 5) is 21.6. The van der Waals surface area contributed by atoms with Gasteiger partial charge in [0.05, 0.1) is 29.5 Å². The summed E-state index contributed by atoms with van der Waals surface area (Å²) < 4.78 is 62.6. The first-order chi connectivity index (χ1) is 17.3. The van der Waals surface area contributed by atoms with Gasteiger partial charge in [0.2, 0.25) is 5.60 Å². The van der Waals surface area contributed by atoms with E-state index in [1.54, 1.807) is 20.8 Å². The number of nitrogens with one attached hydrogen (secondary N) is 1. The predicted octanol–water partition coefficient (Wildman–Crippen LogP) is 5.38. The van der Waals surface area contributed by atoms with Gasteiger partial charge in [0, 0.05) is 22.5 Å². The number of aliphatic hydroxyl groups is 1. The summed E-state index contributed by atoms with van der Waals surface area (Å²) >= 11 is 1.16. The average Bonchev–Trinajstić information content (AvgIpc) is 3.54. The highest BCUT2D eigenvalue weighted by Crippen LogP contribution is 2.47. The number of fused-ring (bicyclic) bond motifs is 1. The third-order valence-electron chi connectivity index (χ3n) is 6.74. The monoisotopic (exact) mass is 535 g/mol. The lowest BCUT2D eigenvalue weighted by atomic mass is 9.84. The lowest BCUT2D eigenvalue weighted by Crippen LogP contribution is -2.51. The van der Waals surface area contributed by atoms with Gasteiger partial charge in [-0.2, -0.15) is 13.2 Å². The summed E-state index contributed by atoms with van der Waals surface area (Å²) in [6.07, 6.45) is -3.22. The summed E-state index contributed by atoms with van der Waals surface area (Å²) in [6, 6.07) is 6.28. The van der Waals surface area contributed by atoms with Crippen molar-refractivity contribution >= 4 is 17.2 Å². The minimum absolute atomic E-state index is 0.0550. The molecule has 0 radical (unpaired) electrons. The first-order valence-corrected chi connectivity index (χ1v) is 12.6. The maximum absolute atomic E-state index is 14.4. The Hall–Kier alpha value is -3.05. The number of aryl methyl sites for hydroxylation is 1. The van der Waals surface area contributed by atoms with Gasteiger partial charge in [0.25, 0.3) is 5.91 Å². The number of nitrogens with zero attached hydrogens (tertiary/aromatic N) is 2. The van der Waals surface area contributed by atoms with Crippen LogP contribution in [0.15, 0.2) is 30.3 Å². The molecular formula is C26H25F4N3O3S. The van der Waals surface area contributed by atoms with Crippen molar-refractivity contribution in [3.05, 3.63) is 63.0 Å². The number of hydrogen-bond donors (Lipinski definition) is 2. The van der Waals surface area contributed by atoms with Crippen LogP contribution in [-0.2, 0) is 11.0 Å². The SMILES string of the molecule is Cc1nc(C2CC2)sc1C(=O)NC[C@](O)(c1cc2c(c(-c3ccc(F)cc3)n1)OCC2(C)C)C(F)(F)F. The third kappa shape index (κ3) is 4.59. The second kappa shape index (κ2) is 8.76. The molecule has 1 atom stereocenters. The van der Waals surface area contributed by atoms with Crippen LogP contribution in [0.2, 0.25) is 0 Å². The molecule has 1 amide bonds. The number of thiazole rings is 1. The van der Waals surface area contributed by atoms with Gasteiger partial charge in [0.1, 0.15) is 22.1 Å². The lowest BCUT2D eigenvalue weighted by molar-refractivity contribution is -0.265.